The van der Waals surface area contributed by atoms with Crippen LogP contribution in [0.25, 0.3) is 11.3 Å². The molecule has 0 bridgehead atoms. The van der Waals surface area contributed by atoms with Gasteiger partial charge in [0.2, 0.25) is 0 Å². The molecule has 0 aliphatic rings. The Morgan fingerprint density at radius 1 is 1.07 bits per heavy atom. The summed E-state index contributed by atoms with van der Waals surface area (Å²) in [6.45, 7) is 1.72. The Labute approximate surface area is 164 Å². The van der Waals surface area contributed by atoms with Crippen molar-refractivity contribution in [3.63, 3.8) is 0 Å². The summed E-state index contributed by atoms with van der Waals surface area (Å²) in [6, 6.07) is 17.8. The van der Waals surface area contributed by atoms with Gasteiger partial charge < -0.3 is 13.7 Å². The summed E-state index contributed by atoms with van der Waals surface area (Å²) in [5.74, 6) is 1.19. The fourth-order valence-corrected chi connectivity index (χ4v) is 3.13. The molecule has 0 amide bonds. The van der Waals surface area contributed by atoms with Crippen molar-refractivity contribution in [1.29, 1.82) is 0 Å². The largest absolute Gasteiger partial charge is 0.478 e. The average molecular weight is 397 g/mol. The number of hydrogen-bond acceptors (Lipinski definition) is 7. The zero-order chi connectivity index (χ0) is 19.3. The van der Waals surface area contributed by atoms with Gasteiger partial charge in [-0.1, -0.05) is 59.4 Å². The van der Waals surface area contributed by atoms with Gasteiger partial charge in [-0.2, -0.15) is 0 Å². The fraction of sp³-hybridized carbons (Fsp3) is 0.150. The van der Waals surface area contributed by atoms with E-state index in [1.165, 1.54) is 17.8 Å². The number of hydrogen-bond donors (Lipinski definition) is 0. The highest BCUT2D eigenvalue weighted by molar-refractivity contribution is 7.98. The monoisotopic (exact) mass is 397 g/mol. The summed E-state index contributed by atoms with van der Waals surface area (Å²) in [5, 5.41) is 12.4. The molecule has 0 fully saturated rings. The first-order valence-electron chi connectivity index (χ1n) is 8.57. The number of para-hydroxylation sites is 1. The molecule has 0 aliphatic heterocycles. The molecule has 0 spiro atoms. The number of nitrogens with zero attached hydrogens (tertiary/aromatic N) is 3. The molecule has 2 aromatic heterocycles. The van der Waals surface area contributed by atoms with E-state index >= 15 is 0 Å². The Hall–Kier alpha value is -3.13. The lowest BCUT2D eigenvalue weighted by Gasteiger charge is -2.11. The van der Waals surface area contributed by atoms with E-state index in [4.69, 9.17) is 13.7 Å². The maximum atomic E-state index is 13.7. The van der Waals surface area contributed by atoms with Gasteiger partial charge >= 0.3 is 0 Å². The number of benzene rings is 2. The Morgan fingerprint density at radius 3 is 2.68 bits per heavy atom. The molecule has 8 heteroatoms. The number of rotatable bonds is 7. The van der Waals surface area contributed by atoms with E-state index in [2.05, 4.69) is 15.4 Å². The van der Waals surface area contributed by atoms with Crippen molar-refractivity contribution in [2.45, 2.75) is 24.0 Å². The standard InChI is InChI=1S/C20H16FN3O3S/c1-13(25-17-10-6-5-9-16(17)21)19-22-23-20(26-19)28-12-15-11-18(27-24-15)14-7-3-2-4-8-14/h2-11,13H,12H2,1H3. The number of halogens is 1. The van der Waals surface area contributed by atoms with Crippen LogP contribution in [0.15, 0.2) is 74.8 Å². The first-order chi connectivity index (χ1) is 13.7. The van der Waals surface area contributed by atoms with Crippen molar-refractivity contribution in [2.24, 2.45) is 0 Å². The van der Waals surface area contributed by atoms with Crippen LogP contribution in [0.4, 0.5) is 4.39 Å². The van der Waals surface area contributed by atoms with Crippen molar-refractivity contribution in [2.75, 3.05) is 0 Å². The highest BCUT2D eigenvalue weighted by atomic mass is 32.2. The van der Waals surface area contributed by atoms with Crippen molar-refractivity contribution in [1.82, 2.24) is 15.4 Å². The lowest BCUT2D eigenvalue weighted by Crippen LogP contribution is -2.04. The quantitative estimate of drug-likeness (QED) is 0.392. The van der Waals surface area contributed by atoms with Crippen LogP contribution in [0.2, 0.25) is 0 Å². The zero-order valence-electron chi connectivity index (χ0n) is 14.9. The van der Waals surface area contributed by atoms with Crippen LogP contribution < -0.4 is 4.74 Å². The Bertz CT molecular complexity index is 1050. The molecule has 2 aromatic carbocycles. The molecule has 0 radical (unpaired) electrons. The number of thioether (sulfide) groups is 1. The molecule has 2 heterocycles. The first-order valence-corrected chi connectivity index (χ1v) is 9.56. The number of aromatic nitrogens is 3. The summed E-state index contributed by atoms with van der Waals surface area (Å²) in [7, 11) is 0. The molecule has 1 atom stereocenters. The molecule has 142 valence electrons. The summed E-state index contributed by atoms with van der Waals surface area (Å²) < 4.78 is 30.2. The van der Waals surface area contributed by atoms with E-state index in [1.54, 1.807) is 25.1 Å². The van der Waals surface area contributed by atoms with Gasteiger partial charge in [-0.3, -0.25) is 0 Å². The summed E-state index contributed by atoms with van der Waals surface area (Å²) in [5.41, 5.74) is 1.73. The third-order valence-corrected chi connectivity index (χ3v) is 4.72. The van der Waals surface area contributed by atoms with Gasteiger partial charge in [0.05, 0.1) is 5.69 Å². The van der Waals surface area contributed by atoms with Crippen LogP contribution in [-0.2, 0) is 5.75 Å². The van der Waals surface area contributed by atoms with Crippen LogP contribution in [0.3, 0.4) is 0 Å². The molecule has 0 N–H and O–H groups in total. The molecule has 4 rings (SSSR count). The highest BCUT2D eigenvalue weighted by Gasteiger charge is 2.18. The Morgan fingerprint density at radius 2 is 1.86 bits per heavy atom. The van der Waals surface area contributed by atoms with Crippen molar-refractivity contribution >= 4 is 11.8 Å². The van der Waals surface area contributed by atoms with Gasteiger partial charge in [-0.25, -0.2) is 4.39 Å². The zero-order valence-corrected chi connectivity index (χ0v) is 15.7. The second-order valence-corrected chi connectivity index (χ2v) is 6.86. The fourth-order valence-electron chi connectivity index (χ4n) is 2.48. The second kappa shape index (κ2) is 8.26. The third kappa shape index (κ3) is 4.23. The van der Waals surface area contributed by atoms with Crippen molar-refractivity contribution in [3.8, 4) is 17.1 Å². The normalized spacial score (nSPS) is 12.1. The van der Waals surface area contributed by atoms with E-state index in [0.29, 0.717) is 16.7 Å². The van der Waals surface area contributed by atoms with Crippen molar-refractivity contribution < 1.29 is 18.1 Å². The molecular formula is C20H16FN3O3S. The van der Waals surface area contributed by atoms with Gasteiger partial charge in [0.15, 0.2) is 23.4 Å². The van der Waals surface area contributed by atoms with E-state index < -0.39 is 11.9 Å². The maximum Gasteiger partial charge on any atom is 0.277 e. The van der Waals surface area contributed by atoms with Crippen LogP contribution in [0.5, 0.6) is 5.75 Å². The number of ether oxygens (including phenoxy) is 1. The van der Waals surface area contributed by atoms with Crippen molar-refractivity contribution in [3.05, 3.63) is 78.1 Å². The topological polar surface area (TPSA) is 74.2 Å². The van der Waals surface area contributed by atoms with Crippen LogP contribution in [0.1, 0.15) is 24.6 Å². The Balaban J connectivity index is 1.36. The molecule has 0 aliphatic carbocycles. The van der Waals surface area contributed by atoms with Gasteiger partial charge in [-0.15, -0.1) is 10.2 Å². The third-order valence-electron chi connectivity index (χ3n) is 3.87. The first kappa shape index (κ1) is 18.2. The molecule has 6 nitrogen and oxygen atoms in total. The van der Waals surface area contributed by atoms with Gasteiger partial charge in [0, 0.05) is 17.4 Å². The molecule has 0 saturated carbocycles. The molecule has 28 heavy (non-hydrogen) atoms. The van der Waals surface area contributed by atoms with Gasteiger partial charge in [0.25, 0.3) is 11.1 Å². The molecule has 0 saturated heterocycles. The predicted octanol–water partition coefficient (Wildman–Crippen LogP) is 5.30. The van der Waals surface area contributed by atoms with E-state index in [0.717, 1.165) is 11.3 Å². The minimum absolute atomic E-state index is 0.137. The lowest BCUT2D eigenvalue weighted by atomic mass is 10.2. The Kier molecular flexibility index (Phi) is 5.38. The minimum atomic E-state index is -0.574. The highest BCUT2D eigenvalue weighted by Crippen LogP contribution is 2.28. The SMILES string of the molecule is CC(Oc1ccccc1F)c1nnc(SCc2cc(-c3ccccc3)on2)o1. The maximum absolute atomic E-state index is 13.7. The lowest BCUT2D eigenvalue weighted by molar-refractivity contribution is 0.174. The van der Waals surface area contributed by atoms with Crippen LogP contribution in [0, 0.1) is 5.82 Å². The second-order valence-electron chi connectivity index (χ2n) is 5.93. The van der Waals surface area contributed by atoms with Crippen LogP contribution >= 0.6 is 11.8 Å². The van der Waals surface area contributed by atoms with E-state index in [9.17, 15) is 4.39 Å². The molecule has 1 unspecified atom stereocenters. The van der Waals surface area contributed by atoms with E-state index in [1.807, 2.05) is 36.4 Å². The van der Waals surface area contributed by atoms with Gasteiger partial charge in [-0.05, 0) is 19.1 Å². The summed E-state index contributed by atoms with van der Waals surface area (Å²) in [6.07, 6.45) is -0.574. The molecule has 4 aromatic rings. The summed E-state index contributed by atoms with van der Waals surface area (Å²) in [4.78, 5) is 0. The van der Waals surface area contributed by atoms with Crippen LogP contribution in [-0.4, -0.2) is 15.4 Å². The molecular weight excluding hydrogens is 381 g/mol. The summed E-state index contributed by atoms with van der Waals surface area (Å²) >= 11 is 1.34. The van der Waals surface area contributed by atoms with Gasteiger partial charge in [0.1, 0.15) is 0 Å². The average Bonchev–Trinajstić information content (AvgIpc) is 3.38. The predicted molar refractivity (Wildman–Crippen MR) is 101 cm³/mol. The smallest absolute Gasteiger partial charge is 0.277 e. The van der Waals surface area contributed by atoms with E-state index in [-0.39, 0.29) is 11.6 Å². The minimum Gasteiger partial charge on any atom is -0.478 e.